The highest BCUT2D eigenvalue weighted by atomic mass is 16.5. The number of carbonyl (C=O) groups is 1. The zero-order valence-corrected chi connectivity index (χ0v) is 11.8. The molecule has 1 amide bonds. The lowest BCUT2D eigenvalue weighted by molar-refractivity contribution is -0.121. The molecule has 0 aliphatic carbocycles. The molecule has 1 aliphatic heterocycles. The summed E-state index contributed by atoms with van der Waals surface area (Å²) in [5.41, 5.74) is 2.56. The molecule has 0 saturated carbocycles. The molecule has 0 radical (unpaired) electrons. The predicted molar refractivity (Wildman–Crippen MR) is 80.4 cm³/mol. The maximum Gasteiger partial charge on any atom is 0.265 e. The molecule has 1 heterocycles. The number of aliphatic hydroxyl groups is 1. The van der Waals surface area contributed by atoms with Crippen LogP contribution in [0.1, 0.15) is 17.2 Å². The predicted octanol–water partition coefficient (Wildman–Crippen LogP) is 2.45. The summed E-state index contributed by atoms with van der Waals surface area (Å²) in [5, 5.41) is 10.5. The standard InChI is InChI=1S/C17H17NO3/c1-12-6-2-3-7-13(12)15(19)10-18-14-8-4-5-9-16(14)21-11-17(18)20/h2-9,15,19H,10-11H2,1H3. The number of ether oxygens (including phenoxy) is 1. The van der Waals surface area contributed by atoms with Gasteiger partial charge < -0.3 is 14.7 Å². The van der Waals surface area contributed by atoms with Crippen LogP contribution < -0.4 is 9.64 Å². The molecule has 0 spiro atoms. The van der Waals surface area contributed by atoms with Crippen molar-refractivity contribution < 1.29 is 14.6 Å². The summed E-state index contributed by atoms with van der Waals surface area (Å²) in [6.45, 7) is 2.19. The fourth-order valence-electron chi connectivity index (χ4n) is 2.59. The molecule has 1 N–H and O–H groups in total. The second-order valence-corrected chi connectivity index (χ2v) is 5.13. The third-order valence-electron chi connectivity index (χ3n) is 3.71. The molecular weight excluding hydrogens is 266 g/mol. The van der Waals surface area contributed by atoms with E-state index >= 15 is 0 Å². The largest absolute Gasteiger partial charge is 0.482 e. The Bertz CT molecular complexity index is 669. The molecule has 21 heavy (non-hydrogen) atoms. The molecule has 4 nitrogen and oxygen atoms in total. The van der Waals surface area contributed by atoms with Gasteiger partial charge in [-0.25, -0.2) is 0 Å². The van der Waals surface area contributed by atoms with E-state index in [-0.39, 0.29) is 19.1 Å². The number of benzene rings is 2. The summed E-state index contributed by atoms with van der Waals surface area (Å²) in [7, 11) is 0. The van der Waals surface area contributed by atoms with Crippen molar-refractivity contribution in [3.8, 4) is 5.75 Å². The molecule has 108 valence electrons. The number of rotatable bonds is 3. The molecular formula is C17H17NO3. The van der Waals surface area contributed by atoms with Crippen LogP contribution in [-0.4, -0.2) is 24.2 Å². The van der Waals surface area contributed by atoms with Crippen molar-refractivity contribution in [2.75, 3.05) is 18.1 Å². The summed E-state index contributed by atoms with van der Waals surface area (Å²) in [5.74, 6) is 0.537. The summed E-state index contributed by atoms with van der Waals surface area (Å²) in [6, 6.07) is 15.0. The van der Waals surface area contributed by atoms with E-state index in [2.05, 4.69) is 0 Å². The first-order valence-corrected chi connectivity index (χ1v) is 6.92. The van der Waals surface area contributed by atoms with Crippen molar-refractivity contribution >= 4 is 11.6 Å². The van der Waals surface area contributed by atoms with Gasteiger partial charge in [-0.2, -0.15) is 0 Å². The monoisotopic (exact) mass is 283 g/mol. The van der Waals surface area contributed by atoms with Crippen LogP contribution in [-0.2, 0) is 4.79 Å². The molecule has 0 bridgehead atoms. The number of fused-ring (bicyclic) bond motifs is 1. The van der Waals surface area contributed by atoms with Gasteiger partial charge >= 0.3 is 0 Å². The summed E-state index contributed by atoms with van der Waals surface area (Å²) in [4.78, 5) is 13.7. The molecule has 3 rings (SSSR count). The fourth-order valence-corrected chi connectivity index (χ4v) is 2.59. The second kappa shape index (κ2) is 5.58. The number of amides is 1. The summed E-state index contributed by atoms with van der Waals surface area (Å²) >= 11 is 0. The Balaban J connectivity index is 1.88. The first-order valence-electron chi connectivity index (χ1n) is 6.92. The number of nitrogens with zero attached hydrogens (tertiary/aromatic N) is 1. The minimum Gasteiger partial charge on any atom is -0.482 e. The van der Waals surface area contributed by atoms with E-state index in [9.17, 15) is 9.90 Å². The fraction of sp³-hybridized carbons (Fsp3) is 0.235. The first kappa shape index (κ1) is 13.6. The lowest BCUT2D eigenvalue weighted by atomic mass is 10.0. The number of hydrogen-bond acceptors (Lipinski definition) is 3. The van der Waals surface area contributed by atoms with Gasteiger partial charge in [-0.15, -0.1) is 0 Å². The van der Waals surface area contributed by atoms with Crippen molar-refractivity contribution in [3.63, 3.8) is 0 Å². The van der Waals surface area contributed by atoms with Crippen LogP contribution in [0.4, 0.5) is 5.69 Å². The number of anilines is 1. The minimum atomic E-state index is -0.721. The minimum absolute atomic E-state index is 0.0114. The Kier molecular flexibility index (Phi) is 3.62. The van der Waals surface area contributed by atoms with Gasteiger partial charge in [0.25, 0.3) is 5.91 Å². The van der Waals surface area contributed by atoms with Gasteiger partial charge in [0.2, 0.25) is 0 Å². The van der Waals surface area contributed by atoms with Gasteiger partial charge in [0.15, 0.2) is 6.61 Å². The number of β-amino-alcohol motifs (C(OH)–C–C–N with tert-alkyl or cyclic N) is 1. The highest BCUT2D eigenvalue weighted by Crippen LogP contribution is 2.33. The van der Waals surface area contributed by atoms with Crippen LogP contribution in [0.3, 0.4) is 0 Å². The number of carbonyl (C=O) groups excluding carboxylic acids is 1. The van der Waals surface area contributed by atoms with E-state index in [1.54, 1.807) is 4.90 Å². The van der Waals surface area contributed by atoms with Gasteiger partial charge in [0, 0.05) is 0 Å². The SMILES string of the molecule is Cc1ccccc1C(O)CN1C(=O)COc2ccccc21. The van der Waals surface area contributed by atoms with E-state index < -0.39 is 6.10 Å². The average Bonchev–Trinajstić information content (AvgIpc) is 2.50. The van der Waals surface area contributed by atoms with Gasteiger partial charge in [-0.05, 0) is 30.2 Å². The molecule has 2 aromatic rings. The number of para-hydroxylation sites is 2. The van der Waals surface area contributed by atoms with E-state index in [1.807, 2.05) is 55.5 Å². The summed E-state index contributed by atoms with van der Waals surface area (Å²) in [6.07, 6.45) is -0.721. The van der Waals surface area contributed by atoms with E-state index in [0.29, 0.717) is 11.4 Å². The van der Waals surface area contributed by atoms with Crippen molar-refractivity contribution in [2.45, 2.75) is 13.0 Å². The maximum absolute atomic E-state index is 12.1. The highest BCUT2D eigenvalue weighted by Gasteiger charge is 2.27. The lowest BCUT2D eigenvalue weighted by Crippen LogP contribution is -2.41. The number of hydrogen-bond donors (Lipinski definition) is 1. The average molecular weight is 283 g/mol. The Labute approximate surface area is 123 Å². The zero-order chi connectivity index (χ0) is 14.8. The van der Waals surface area contributed by atoms with Gasteiger partial charge in [-0.1, -0.05) is 36.4 Å². The lowest BCUT2D eigenvalue weighted by Gasteiger charge is -2.31. The summed E-state index contributed by atoms with van der Waals surface area (Å²) < 4.78 is 5.40. The Morgan fingerprint density at radius 2 is 1.90 bits per heavy atom. The quantitative estimate of drug-likeness (QED) is 0.941. The van der Waals surface area contributed by atoms with Gasteiger partial charge in [-0.3, -0.25) is 4.79 Å². The third-order valence-corrected chi connectivity index (χ3v) is 3.71. The molecule has 0 fully saturated rings. The van der Waals surface area contributed by atoms with E-state index in [4.69, 9.17) is 4.74 Å². The van der Waals surface area contributed by atoms with Crippen molar-refractivity contribution in [1.29, 1.82) is 0 Å². The maximum atomic E-state index is 12.1. The van der Waals surface area contributed by atoms with Crippen LogP contribution in [0, 0.1) is 6.92 Å². The topological polar surface area (TPSA) is 49.8 Å². The number of aliphatic hydroxyl groups excluding tert-OH is 1. The molecule has 0 aromatic heterocycles. The van der Waals surface area contributed by atoms with E-state index in [0.717, 1.165) is 11.1 Å². The normalized spacial score (nSPS) is 15.3. The van der Waals surface area contributed by atoms with Crippen LogP contribution in [0.25, 0.3) is 0 Å². The van der Waals surface area contributed by atoms with Crippen LogP contribution >= 0.6 is 0 Å². The van der Waals surface area contributed by atoms with E-state index in [1.165, 1.54) is 0 Å². The molecule has 1 atom stereocenters. The Hall–Kier alpha value is -2.33. The molecule has 4 heteroatoms. The number of aryl methyl sites for hydroxylation is 1. The smallest absolute Gasteiger partial charge is 0.265 e. The van der Waals surface area contributed by atoms with Crippen molar-refractivity contribution in [1.82, 2.24) is 0 Å². The van der Waals surface area contributed by atoms with Crippen molar-refractivity contribution in [3.05, 3.63) is 59.7 Å². The second-order valence-electron chi connectivity index (χ2n) is 5.13. The van der Waals surface area contributed by atoms with Gasteiger partial charge in [0.05, 0.1) is 18.3 Å². The third kappa shape index (κ3) is 2.62. The Morgan fingerprint density at radius 1 is 1.19 bits per heavy atom. The van der Waals surface area contributed by atoms with Crippen LogP contribution in [0.15, 0.2) is 48.5 Å². The molecule has 2 aromatic carbocycles. The van der Waals surface area contributed by atoms with Gasteiger partial charge in [0.1, 0.15) is 5.75 Å². The molecule has 1 aliphatic rings. The van der Waals surface area contributed by atoms with Crippen molar-refractivity contribution in [2.24, 2.45) is 0 Å². The van der Waals surface area contributed by atoms with Crippen LogP contribution in [0.5, 0.6) is 5.75 Å². The molecule has 1 unspecified atom stereocenters. The first-order chi connectivity index (χ1) is 10.2. The highest BCUT2D eigenvalue weighted by molar-refractivity contribution is 5.97. The van der Waals surface area contributed by atoms with Crippen LogP contribution in [0.2, 0.25) is 0 Å². The Morgan fingerprint density at radius 3 is 2.71 bits per heavy atom. The molecule has 0 saturated heterocycles. The zero-order valence-electron chi connectivity index (χ0n) is 11.8.